The highest BCUT2D eigenvalue weighted by molar-refractivity contribution is 8.76. The molecule has 4 rings (SSSR count). The number of carbonyl (C=O) groups is 2. The molecule has 8 heteroatoms. The number of fused-ring (bicyclic) bond motifs is 4. The number of ketones is 2. The van der Waals surface area contributed by atoms with Crippen LogP contribution in [-0.4, -0.2) is 66.0 Å². The van der Waals surface area contributed by atoms with Gasteiger partial charge in [0.25, 0.3) is 0 Å². The number of rotatable bonds is 8. The standard InChI is InChI=1S/C19H27N3O3S2/c1-5-7-26-27-8-6-20-14-10(2)16(23)15-13(17(14)24)11(3)19(25-4)18-12(21-18)9-22(15)19/h11-12,18,20-21H,5-9H2,1-4H3/t11?,12?,18?,19-/m1/s1. The van der Waals surface area contributed by atoms with Crippen LogP contribution in [-0.2, 0) is 14.3 Å². The van der Waals surface area contributed by atoms with Gasteiger partial charge in [0.2, 0.25) is 11.6 Å². The normalized spacial score (nSPS) is 34.2. The molecule has 0 aromatic carbocycles. The van der Waals surface area contributed by atoms with Crippen LogP contribution in [0.2, 0.25) is 0 Å². The molecular weight excluding hydrogens is 382 g/mol. The van der Waals surface area contributed by atoms with E-state index in [1.54, 1.807) is 24.8 Å². The summed E-state index contributed by atoms with van der Waals surface area (Å²) in [6.45, 7) is 7.34. The number of hydrogen-bond acceptors (Lipinski definition) is 8. The van der Waals surface area contributed by atoms with Crippen molar-refractivity contribution >= 4 is 33.2 Å². The highest BCUT2D eigenvalue weighted by Crippen LogP contribution is 2.55. The van der Waals surface area contributed by atoms with Crippen molar-refractivity contribution in [2.75, 3.05) is 31.7 Å². The largest absolute Gasteiger partial charge is 0.381 e. The van der Waals surface area contributed by atoms with Crippen molar-refractivity contribution in [3.05, 3.63) is 22.5 Å². The molecule has 3 aliphatic heterocycles. The Bertz CT molecular complexity index is 750. The molecule has 4 aliphatic rings. The first-order valence-electron chi connectivity index (χ1n) is 9.60. The zero-order valence-electron chi connectivity index (χ0n) is 16.3. The highest BCUT2D eigenvalue weighted by Gasteiger charge is 2.71. The molecule has 0 aromatic rings. The number of nitrogens with zero attached hydrogens (tertiary/aromatic N) is 1. The summed E-state index contributed by atoms with van der Waals surface area (Å²) in [5.74, 6) is 1.81. The Labute approximate surface area is 168 Å². The fraction of sp³-hybridized carbons (Fsp3) is 0.684. The van der Waals surface area contributed by atoms with Crippen LogP contribution in [0.5, 0.6) is 0 Å². The summed E-state index contributed by atoms with van der Waals surface area (Å²) in [6.07, 6.45) is 1.16. The Hall–Kier alpha value is -0.960. The van der Waals surface area contributed by atoms with Gasteiger partial charge in [-0.3, -0.25) is 9.59 Å². The molecule has 0 spiro atoms. The molecule has 27 heavy (non-hydrogen) atoms. The lowest BCUT2D eigenvalue weighted by atomic mass is 9.83. The van der Waals surface area contributed by atoms with Crippen LogP contribution in [0.25, 0.3) is 0 Å². The minimum Gasteiger partial charge on any atom is -0.381 e. The lowest BCUT2D eigenvalue weighted by Crippen LogP contribution is -2.53. The Morgan fingerprint density at radius 2 is 2.04 bits per heavy atom. The second kappa shape index (κ2) is 7.13. The van der Waals surface area contributed by atoms with Gasteiger partial charge < -0.3 is 20.3 Å². The highest BCUT2D eigenvalue weighted by atomic mass is 33.1. The van der Waals surface area contributed by atoms with Crippen molar-refractivity contribution in [2.45, 2.75) is 45.0 Å². The maximum Gasteiger partial charge on any atom is 0.207 e. The summed E-state index contributed by atoms with van der Waals surface area (Å²) < 4.78 is 5.96. The van der Waals surface area contributed by atoms with Crippen molar-refractivity contribution in [2.24, 2.45) is 5.92 Å². The molecule has 6 nitrogen and oxygen atoms in total. The van der Waals surface area contributed by atoms with Crippen molar-refractivity contribution in [1.29, 1.82) is 0 Å². The van der Waals surface area contributed by atoms with Gasteiger partial charge in [-0.05, 0) is 13.3 Å². The fourth-order valence-electron chi connectivity index (χ4n) is 4.77. The van der Waals surface area contributed by atoms with Gasteiger partial charge in [0.15, 0.2) is 5.72 Å². The van der Waals surface area contributed by atoms with Crippen LogP contribution in [0.1, 0.15) is 27.2 Å². The number of nitrogens with one attached hydrogen (secondary N) is 2. The van der Waals surface area contributed by atoms with Crippen LogP contribution >= 0.6 is 21.6 Å². The van der Waals surface area contributed by atoms with Gasteiger partial charge >= 0.3 is 0 Å². The number of carbonyl (C=O) groups excluding carboxylic acids is 2. The summed E-state index contributed by atoms with van der Waals surface area (Å²) in [5, 5.41) is 6.68. The van der Waals surface area contributed by atoms with E-state index in [0.29, 0.717) is 35.1 Å². The number of Topliss-reactive ketones (excluding diaryl/α,β-unsaturated/α-hetero) is 2. The molecule has 0 amide bonds. The molecule has 2 saturated heterocycles. The third-order valence-corrected chi connectivity index (χ3v) is 8.71. The number of methoxy groups -OCH3 is 1. The van der Waals surface area contributed by atoms with Gasteiger partial charge in [0.05, 0.1) is 17.4 Å². The summed E-state index contributed by atoms with van der Waals surface area (Å²) in [5.41, 5.74) is 1.58. The fourth-order valence-corrected chi connectivity index (χ4v) is 6.81. The molecule has 3 heterocycles. The summed E-state index contributed by atoms with van der Waals surface area (Å²) in [7, 11) is 5.33. The van der Waals surface area contributed by atoms with E-state index in [1.165, 1.54) is 0 Å². The van der Waals surface area contributed by atoms with E-state index in [4.69, 9.17) is 4.74 Å². The smallest absolute Gasteiger partial charge is 0.207 e. The second-order valence-corrected chi connectivity index (χ2v) is 10.2. The van der Waals surface area contributed by atoms with E-state index >= 15 is 0 Å². The van der Waals surface area contributed by atoms with Crippen LogP contribution in [0.3, 0.4) is 0 Å². The Morgan fingerprint density at radius 1 is 1.30 bits per heavy atom. The van der Waals surface area contributed by atoms with Gasteiger partial charge in [-0.2, -0.15) is 0 Å². The van der Waals surface area contributed by atoms with E-state index < -0.39 is 5.72 Å². The van der Waals surface area contributed by atoms with Crippen LogP contribution in [0.15, 0.2) is 22.5 Å². The molecule has 4 atom stereocenters. The first-order chi connectivity index (χ1) is 13.0. The molecule has 2 N–H and O–H groups in total. The minimum absolute atomic E-state index is 0.0350. The summed E-state index contributed by atoms with van der Waals surface area (Å²) in [6, 6.07) is 0.540. The summed E-state index contributed by atoms with van der Waals surface area (Å²) >= 11 is 0. The number of hydrogen-bond donors (Lipinski definition) is 2. The molecule has 1 aliphatic carbocycles. The van der Waals surface area contributed by atoms with Gasteiger partial charge in [-0.1, -0.05) is 35.4 Å². The second-order valence-electron chi connectivity index (χ2n) is 7.53. The SMILES string of the molecule is CCCSSCCNC1=C(C)C(=O)C2=C(C1=O)C(C)[C@@]1(OC)C3NC3CN21. The lowest BCUT2D eigenvalue weighted by Gasteiger charge is -2.38. The predicted molar refractivity (Wildman–Crippen MR) is 109 cm³/mol. The van der Waals surface area contributed by atoms with Gasteiger partial charge in [-0.15, -0.1) is 0 Å². The van der Waals surface area contributed by atoms with Crippen LogP contribution in [0.4, 0.5) is 0 Å². The average molecular weight is 410 g/mol. The molecule has 3 unspecified atom stereocenters. The van der Waals surface area contributed by atoms with Crippen molar-refractivity contribution in [3.8, 4) is 0 Å². The van der Waals surface area contributed by atoms with Gasteiger partial charge in [-0.25, -0.2) is 0 Å². The molecular formula is C19H27N3O3S2. The Morgan fingerprint density at radius 3 is 2.74 bits per heavy atom. The molecule has 148 valence electrons. The molecule has 0 radical (unpaired) electrons. The lowest BCUT2D eigenvalue weighted by molar-refractivity contribution is -0.128. The third kappa shape index (κ3) is 2.71. The molecule has 0 aromatic heterocycles. The topological polar surface area (TPSA) is 80.6 Å². The Balaban J connectivity index is 1.53. The van der Waals surface area contributed by atoms with Crippen LogP contribution < -0.4 is 10.6 Å². The minimum atomic E-state index is -0.608. The molecule has 2 fully saturated rings. The zero-order valence-corrected chi connectivity index (χ0v) is 17.9. The monoisotopic (exact) mass is 409 g/mol. The number of allylic oxidation sites excluding steroid dienone is 2. The first-order valence-corrected chi connectivity index (χ1v) is 12.1. The Kier molecular flexibility index (Phi) is 5.12. The van der Waals surface area contributed by atoms with E-state index in [2.05, 4.69) is 22.5 Å². The van der Waals surface area contributed by atoms with Crippen LogP contribution in [0, 0.1) is 5.92 Å². The number of piperazine rings is 1. The average Bonchev–Trinajstić information content (AvgIpc) is 3.28. The predicted octanol–water partition coefficient (Wildman–Crippen LogP) is 1.70. The number of ether oxygens (including phenoxy) is 1. The molecule has 0 bridgehead atoms. The maximum absolute atomic E-state index is 13.3. The first kappa shape index (κ1) is 19.4. The van der Waals surface area contributed by atoms with E-state index in [0.717, 1.165) is 24.5 Å². The van der Waals surface area contributed by atoms with Crippen molar-refractivity contribution in [1.82, 2.24) is 15.5 Å². The van der Waals surface area contributed by atoms with E-state index in [1.807, 2.05) is 17.7 Å². The maximum atomic E-state index is 13.3. The van der Waals surface area contributed by atoms with Crippen molar-refractivity contribution in [3.63, 3.8) is 0 Å². The van der Waals surface area contributed by atoms with Gasteiger partial charge in [0.1, 0.15) is 0 Å². The van der Waals surface area contributed by atoms with E-state index in [-0.39, 0.29) is 23.5 Å². The van der Waals surface area contributed by atoms with E-state index in [9.17, 15) is 9.59 Å². The van der Waals surface area contributed by atoms with Gasteiger partial charge in [0, 0.05) is 54.8 Å². The quantitative estimate of drug-likeness (QED) is 0.271. The summed E-state index contributed by atoms with van der Waals surface area (Å²) in [4.78, 5) is 28.5. The molecule has 0 saturated carbocycles. The third-order valence-electron chi connectivity index (χ3n) is 6.10. The zero-order chi connectivity index (χ0) is 19.3. The van der Waals surface area contributed by atoms with Crippen molar-refractivity contribution < 1.29 is 14.3 Å².